The molecule has 1 heterocycles. The summed E-state index contributed by atoms with van der Waals surface area (Å²) in [5.74, 6) is -0.164. The van der Waals surface area contributed by atoms with E-state index in [-0.39, 0.29) is 12.5 Å². The molecular formula is C15H18N2O2. The van der Waals surface area contributed by atoms with E-state index in [1.807, 2.05) is 38.1 Å². The van der Waals surface area contributed by atoms with Gasteiger partial charge < -0.3 is 10.4 Å². The zero-order valence-corrected chi connectivity index (χ0v) is 11.2. The van der Waals surface area contributed by atoms with Crippen LogP contribution in [-0.2, 0) is 0 Å². The standard InChI is InChI=1S/C15H18N2O2/c1-15(2,8-10-18)17-14(19)12-7-3-5-11-6-4-9-16-13(11)12/h3-7,9,18H,8,10H2,1-2H3,(H,17,19). The van der Waals surface area contributed by atoms with Crippen molar-refractivity contribution in [3.8, 4) is 0 Å². The summed E-state index contributed by atoms with van der Waals surface area (Å²) >= 11 is 0. The van der Waals surface area contributed by atoms with Crippen LogP contribution in [0.5, 0.6) is 0 Å². The quantitative estimate of drug-likeness (QED) is 0.883. The Balaban J connectivity index is 2.32. The first-order chi connectivity index (χ1) is 9.03. The molecule has 0 saturated carbocycles. The third-order valence-corrected chi connectivity index (χ3v) is 3.07. The molecule has 0 radical (unpaired) electrons. The molecule has 0 unspecified atom stereocenters. The average Bonchev–Trinajstić information content (AvgIpc) is 2.37. The van der Waals surface area contributed by atoms with E-state index in [0.29, 0.717) is 17.5 Å². The van der Waals surface area contributed by atoms with Gasteiger partial charge in [0.15, 0.2) is 0 Å². The van der Waals surface area contributed by atoms with Crippen LogP contribution in [0.15, 0.2) is 36.5 Å². The van der Waals surface area contributed by atoms with Crippen LogP contribution in [0, 0.1) is 0 Å². The van der Waals surface area contributed by atoms with Gasteiger partial charge in [0.25, 0.3) is 5.91 Å². The number of aliphatic hydroxyl groups is 1. The third kappa shape index (κ3) is 3.09. The van der Waals surface area contributed by atoms with E-state index >= 15 is 0 Å². The van der Waals surface area contributed by atoms with Crippen LogP contribution in [0.3, 0.4) is 0 Å². The molecule has 0 bridgehead atoms. The highest BCUT2D eigenvalue weighted by molar-refractivity contribution is 6.05. The minimum atomic E-state index is -0.442. The lowest BCUT2D eigenvalue weighted by atomic mass is 10.00. The number of para-hydroxylation sites is 1. The Morgan fingerprint density at radius 2 is 2.05 bits per heavy atom. The number of nitrogens with zero attached hydrogens (tertiary/aromatic N) is 1. The van der Waals surface area contributed by atoms with Gasteiger partial charge in [0.1, 0.15) is 0 Å². The fourth-order valence-electron chi connectivity index (χ4n) is 2.00. The van der Waals surface area contributed by atoms with Crippen LogP contribution in [0.2, 0.25) is 0 Å². The summed E-state index contributed by atoms with van der Waals surface area (Å²) in [6.07, 6.45) is 2.19. The molecule has 0 atom stereocenters. The molecule has 2 aromatic rings. The molecule has 4 nitrogen and oxygen atoms in total. The van der Waals surface area contributed by atoms with Crippen molar-refractivity contribution in [1.29, 1.82) is 0 Å². The van der Waals surface area contributed by atoms with Crippen LogP contribution in [0.25, 0.3) is 10.9 Å². The van der Waals surface area contributed by atoms with Gasteiger partial charge in [0.05, 0.1) is 11.1 Å². The molecular weight excluding hydrogens is 240 g/mol. The number of aromatic nitrogens is 1. The van der Waals surface area contributed by atoms with E-state index in [4.69, 9.17) is 5.11 Å². The van der Waals surface area contributed by atoms with Gasteiger partial charge in [-0.15, -0.1) is 0 Å². The Kier molecular flexibility index (Phi) is 3.81. The molecule has 1 amide bonds. The van der Waals surface area contributed by atoms with Crippen molar-refractivity contribution in [1.82, 2.24) is 10.3 Å². The maximum atomic E-state index is 12.3. The molecule has 0 aliphatic carbocycles. The van der Waals surface area contributed by atoms with E-state index in [9.17, 15) is 4.79 Å². The summed E-state index contributed by atoms with van der Waals surface area (Å²) < 4.78 is 0. The first-order valence-electron chi connectivity index (χ1n) is 6.31. The highest BCUT2D eigenvalue weighted by Gasteiger charge is 2.21. The number of aliphatic hydroxyl groups excluding tert-OH is 1. The van der Waals surface area contributed by atoms with Gasteiger partial charge in [0, 0.05) is 23.7 Å². The van der Waals surface area contributed by atoms with Gasteiger partial charge in [-0.1, -0.05) is 18.2 Å². The molecule has 0 spiro atoms. The highest BCUT2D eigenvalue weighted by Crippen LogP contribution is 2.17. The molecule has 0 saturated heterocycles. The maximum absolute atomic E-state index is 12.3. The number of benzene rings is 1. The Bertz CT molecular complexity index is 588. The number of nitrogens with one attached hydrogen (secondary N) is 1. The van der Waals surface area contributed by atoms with Crippen LogP contribution in [0.1, 0.15) is 30.6 Å². The molecule has 100 valence electrons. The maximum Gasteiger partial charge on any atom is 0.253 e. The summed E-state index contributed by atoms with van der Waals surface area (Å²) in [6, 6.07) is 9.31. The Hall–Kier alpha value is -1.94. The van der Waals surface area contributed by atoms with Crippen LogP contribution in [0.4, 0.5) is 0 Å². The van der Waals surface area contributed by atoms with Crippen molar-refractivity contribution in [2.24, 2.45) is 0 Å². The minimum absolute atomic E-state index is 0.0427. The lowest BCUT2D eigenvalue weighted by molar-refractivity contribution is 0.0901. The van der Waals surface area contributed by atoms with Gasteiger partial charge in [-0.25, -0.2) is 0 Å². The molecule has 0 aliphatic heterocycles. The summed E-state index contributed by atoms with van der Waals surface area (Å²) in [5.41, 5.74) is 0.814. The van der Waals surface area contributed by atoms with Crippen molar-refractivity contribution >= 4 is 16.8 Å². The van der Waals surface area contributed by atoms with E-state index < -0.39 is 5.54 Å². The molecule has 1 aromatic heterocycles. The molecule has 4 heteroatoms. The summed E-state index contributed by atoms with van der Waals surface area (Å²) in [7, 11) is 0. The van der Waals surface area contributed by atoms with Gasteiger partial charge >= 0.3 is 0 Å². The first kappa shape index (κ1) is 13.5. The minimum Gasteiger partial charge on any atom is -0.396 e. The largest absolute Gasteiger partial charge is 0.396 e. The number of hydrogen-bond donors (Lipinski definition) is 2. The summed E-state index contributed by atoms with van der Waals surface area (Å²) in [4.78, 5) is 16.6. The molecule has 2 rings (SSSR count). The monoisotopic (exact) mass is 258 g/mol. The summed E-state index contributed by atoms with van der Waals surface area (Å²) in [6.45, 7) is 3.82. The molecule has 19 heavy (non-hydrogen) atoms. The Morgan fingerprint density at radius 3 is 2.79 bits per heavy atom. The second-order valence-electron chi connectivity index (χ2n) is 5.19. The van der Waals surface area contributed by atoms with Crippen molar-refractivity contribution in [3.63, 3.8) is 0 Å². The average molecular weight is 258 g/mol. The fraction of sp³-hybridized carbons (Fsp3) is 0.333. The van der Waals surface area contributed by atoms with Crippen molar-refractivity contribution in [3.05, 3.63) is 42.1 Å². The predicted octanol–water partition coefficient (Wildman–Crippen LogP) is 2.13. The topological polar surface area (TPSA) is 62.2 Å². The van der Waals surface area contributed by atoms with Crippen molar-refractivity contribution in [2.75, 3.05) is 6.61 Å². The number of pyridine rings is 1. The number of carbonyl (C=O) groups is 1. The zero-order chi connectivity index (χ0) is 13.9. The second kappa shape index (κ2) is 5.36. The number of amides is 1. The summed E-state index contributed by atoms with van der Waals surface area (Å²) in [5, 5.41) is 12.9. The van der Waals surface area contributed by atoms with Crippen molar-refractivity contribution < 1.29 is 9.90 Å². The number of carbonyl (C=O) groups excluding carboxylic acids is 1. The fourth-order valence-corrected chi connectivity index (χ4v) is 2.00. The van der Waals surface area contributed by atoms with Crippen LogP contribution >= 0.6 is 0 Å². The van der Waals surface area contributed by atoms with Gasteiger partial charge in [-0.2, -0.15) is 0 Å². The number of hydrogen-bond acceptors (Lipinski definition) is 3. The Labute approximate surface area is 112 Å². The Morgan fingerprint density at radius 1 is 1.32 bits per heavy atom. The molecule has 1 aromatic carbocycles. The molecule has 0 aliphatic rings. The van der Waals surface area contributed by atoms with E-state index in [1.165, 1.54) is 0 Å². The van der Waals surface area contributed by atoms with Gasteiger partial charge in [-0.05, 0) is 32.4 Å². The zero-order valence-electron chi connectivity index (χ0n) is 11.2. The van der Waals surface area contributed by atoms with E-state index in [1.54, 1.807) is 12.3 Å². The van der Waals surface area contributed by atoms with E-state index in [0.717, 1.165) is 5.39 Å². The molecule has 2 N–H and O–H groups in total. The van der Waals surface area contributed by atoms with Crippen LogP contribution in [-0.4, -0.2) is 28.1 Å². The van der Waals surface area contributed by atoms with Crippen LogP contribution < -0.4 is 5.32 Å². The molecule has 0 fully saturated rings. The normalized spacial score (nSPS) is 11.5. The SMILES string of the molecule is CC(C)(CCO)NC(=O)c1cccc2cccnc12. The lowest BCUT2D eigenvalue weighted by Crippen LogP contribution is -2.44. The van der Waals surface area contributed by atoms with Gasteiger partial charge in [-0.3, -0.25) is 9.78 Å². The predicted molar refractivity (Wildman–Crippen MR) is 75.0 cm³/mol. The highest BCUT2D eigenvalue weighted by atomic mass is 16.3. The number of fused-ring (bicyclic) bond motifs is 1. The second-order valence-corrected chi connectivity index (χ2v) is 5.19. The van der Waals surface area contributed by atoms with E-state index in [2.05, 4.69) is 10.3 Å². The third-order valence-electron chi connectivity index (χ3n) is 3.07. The first-order valence-corrected chi connectivity index (χ1v) is 6.31. The van der Waals surface area contributed by atoms with Gasteiger partial charge in [0.2, 0.25) is 0 Å². The smallest absolute Gasteiger partial charge is 0.253 e. The lowest BCUT2D eigenvalue weighted by Gasteiger charge is -2.25. The number of rotatable bonds is 4. The van der Waals surface area contributed by atoms with Crippen molar-refractivity contribution in [2.45, 2.75) is 25.8 Å².